The van der Waals surface area contributed by atoms with Crippen molar-refractivity contribution in [2.45, 2.75) is 37.3 Å². The van der Waals surface area contributed by atoms with Crippen LogP contribution < -0.4 is 0 Å². The molecule has 6 atom stereocenters. The molecular formula is C20H21NO6. The predicted molar refractivity (Wildman–Crippen MR) is 95.8 cm³/mol. The van der Waals surface area contributed by atoms with Gasteiger partial charge in [-0.3, -0.25) is 14.9 Å². The van der Waals surface area contributed by atoms with Crippen LogP contribution in [0.5, 0.6) is 0 Å². The number of hydrogen-bond donors (Lipinski definition) is 1. The standard InChI is InChI=1S/C20H21NO6/c1-12(23)18-17(15-9-6-10-27-15)19(21(25)26)16(13-7-4-3-5-8-13)14(11-22)20(18,2)24/h3-11,14,16-19,24H,1-2H3/t14-,16-,17+,18+,19-,20-/m0/s1. The van der Waals surface area contributed by atoms with Crippen molar-refractivity contribution in [1.82, 2.24) is 0 Å². The zero-order valence-electron chi connectivity index (χ0n) is 15.0. The number of aliphatic hydroxyl groups is 1. The molecule has 1 aromatic carbocycles. The Labute approximate surface area is 156 Å². The Morgan fingerprint density at radius 1 is 1.22 bits per heavy atom. The van der Waals surface area contributed by atoms with E-state index in [1.165, 1.54) is 20.1 Å². The van der Waals surface area contributed by atoms with E-state index in [1.807, 2.05) is 0 Å². The molecule has 1 saturated carbocycles. The van der Waals surface area contributed by atoms with Gasteiger partial charge >= 0.3 is 0 Å². The summed E-state index contributed by atoms with van der Waals surface area (Å²) in [4.78, 5) is 36.1. The van der Waals surface area contributed by atoms with Gasteiger partial charge in [0.05, 0.1) is 35.5 Å². The molecule has 0 saturated heterocycles. The molecule has 0 aliphatic heterocycles. The summed E-state index contributed by atoms with van der Waals surface area (Å²) < 4.78 is 5.42. The summed E-state index contributed by atoms with van der Waals surface area (Å²) in [6, 6.07) is 10.5. The van der Waals surface area contributed by atoms with Crippen molar-refractivity contribution in [2.75, 3.05) is 0 Å². The minimum absolute atomic E-state index is 0.252. The number of ketones is 1. The van der Waals surface area contributed by atoms with Gasteiger partial charge in [-0.25, -0.2) is 0 Å². The number of aldehydes is 1. The summed E-state index contributed by atoms with van der Waals surface area (Å²) in [5, 5.41) is 23.4. The van der Waals surface area contributed by atoms with Crippen molar-refractivity contribution < 1.29 is 24.0 Å². The third-order valence-electron chi connectivity index (χ3n) is 5.67. The van der Waals surface area contributed by atoms with Crippen molar-refractivity contribution in [2.24, 2.45) is 11.8 Å². The van der Waals surface area contributed by atoms with E-state index >= 15 is 0 Å². The number of carbonyl (C=O) groups is 2. The maximum atomic E-state index is 12.5. The van der Waals surface area contributed by atoms with Crippen LogP contribution in [0.3, 0.4) is 0 Å². The maximum Gasteiger partial charge on any atom is 0.231 e. The van der Waals surface area contributed by atoms with Crippen LogP contribution in [0.15, 0.2) is 53.1 Å². The molecule has 0 radical (unpaired) electrons. The number of Topliss-reactive ketones (excluding diaryl/α,β-unsaturated/α-hetero) is 1. The first-order valence-electron chi connectivity index (χ1n) is 8.70. The zero-order valence-corrected chi connectivity index (χ0v) is 15.0. The molecule has 27 heavy (non-hydrogen) atoms. The second-order valence-corrected chi connectivity index (χ2v) is 7.23. The Hall–Kier alpha value is -2.80. The lowest BCUT2D eigenvalue weighted by molar-refractivity contribution is -0.539. The molecule has 1 aliphatic rings. The van der Waals surface area contributed by atoms with Crippen molar-refractivity contribution in [3.8, 4) is 0 Å². The molecule has 1 fully saturated rings. The Morgan fingerprint density at radius 2 is 1.89 bits per heavy atom. The smallest absolute Gasteiger partial charge is 0.231 e. The van der Waals surface area contributed by atoms with Crippen molar-refractivity contribution in [3.63, 3.8) is 0 Å². The fourth-order valence-corrected chi connectivity index (χ4v) is 4.61. The van der Waals surface area contributed by atoms with Crippen LogP contribution in [0, 0.1) is 22.0 Å². The SMILES string of the molecule is CC(=O)[C@@H]1[C@@H](c2ccco2)[C@@H]([N+](=O)[O-])[C@@H](c2ccccc2)[C@H](C=O)[C@]1(C)O. The number of rotatable bonds is 5. The van der Waals surface area contributed by atoms with Crippen LogP contribution >= 0.6 is 0 Å². The van der Waals surface area contributed by atoms with E-state index in [1.54, 1.807) is 42.5 Å². The maximum absolute atomic E-state index is 12.5. The molecule has 1 heterocycles. The fourth-order valence-electron chi connectivity index (χ4n) is 4.61. The van der Waals surface area contributed by atoms with Crippen molar-refractivity contribution in [1.29, 1.82) is 0 Å². The number of nitro groups is 1. The molecule has 0 spiro atoms. The second kappa shape index (κ2) is 7.08. The van der Waals surface area contributed by atoms with E-state index in [4.69, 9.17) is 4.42 Å². The lowest BCUT2D eigenvalue weighted by Crippen LogP contribution is -2.61. The molecule has 0 amide bonds. The zero-order chi connectivity index (χ0) is 19.8. The summed E-state index contributed by atoms with van der Waals surface area (Å²) in [6.45, 7) is 2.68. The summed E-state index contributed by atoms with van der Waals surface area (Å²) >= 11 is 0. The summed E-state index contributed by atoms with van der Waals surface area (Å²) in [7, 11) is 0. The van der Waals surface area contributed by atoms with Crippen LogP contribution in [0.4, 0.5) is 0 Å². The minimum Gasteiger partial charge on any atom is -0.469 e. The van der Waals surface area contributed by atoms with Crippen LogP contribution in [-0.4, -0.2) is 33.7 Å². The minimum atomic E-state index is -1.77. The molecule has 1 N–H and O–H groups in total. The average Bonchev–Trinajstić information content (AvgIpc) is 3.14. The molecule has 2 aromatic rings. The molecule has 0 bridgehead atoms. The first-order chi connectivity index (χ1) is 12.8. The van der Waals surface area contributed by atoms with Gasteiger partial charge in [-0.05, 0) is 31.5 Å². The highest BCUT2D eigenvalue weighted by Crippen LogP contribution is 2.53. The number of furan rings is 1. The van der Waals surface area contributed by atoms with E-state index < -0.39 is 46.0 Å². The van der Waals surface area contributed by atoms with Gasteiger partial charge < -0.3 is 14.3 Å². The van der Waals surface area contributed by atoms with Crippen molar-refractivity contribution >= 4 is 12.1 Å². The first-order valence-corrected chi connectivity index (χ1v) is 8.70. The van der Waals surface area contributed by atoms with Gasteiger partial charge in [-0.2, -0.15) is 0 Å². The molecule has 7 heteroatoms. The van der Waals surface area contributed by atoms with Gasteiger partial charge in [-0.15, -0.1) is 0 Å². The molecule has 3 rings (SSSR count). The lowest BCUT2D eigenvalue weighted by atomic mass is 9.55. The summed E-state index contributed by atoms with van der Waals surface area (Å²) in [5.74, 6) is -4.33. The van der Waals surface area contributed by atoms with Crippen LogP contribution in [0.2, 0.25) is 0 Å². The van der Waals surface area contributed by atoms with E-state index in [2.05, 4.69) is 0 Å². The Kier molecular flexibility index (Phi) is 4.97. The van der Waals surface area contributed by atoms with Crippen molar-refractivity contribution in [3.05, 3.63) is 70.2 Å². The molecule has 142 valence electrons. The van der Waals surface area contributed by atoms with Crippen LogP contribution in [0.25, 0.3) is 0 Å². The van der Waals surface area contributed by atoms with Gasteiger partial charge in [0.2, 0.25) is 6.04 Å². The van der Waals surface area contributed by atoms with Gasteiger partial charge in [0, 0.05) is 4.92 Å². The number of benzene rings is 1. The highest BCUT2D eigenvalue weighted by atomic mass is 16.6. The van der Waals surface area contributed by atoms with Gasteiger partial charge in [0.1, 0.15) is 17.8 Å². The normalized spacial score (nSPS) is 33.4. The topological polar surface area (TPSA) is 111 Å². The largest absolute Gasteiger partial charge is 0.469 e. The average molecular weight is 371 g/mol. The predicted octanol–water partition coefficient (Wildman–Crippen LogP) is 2.58. The second-order valence-electron chi connectivity index (χ2n) is 7.23. The molecule has 1 aromatic heterocycles. The Balaban J connectivity index is 2.28. The Bertz CT molecular complexity index is 827. The highest BCUT2D eigenvalue weighted by molar-refractivity contribution is 5.82. The third-order valence-corrected chi connectivity index (χ3v) is 5.67. The van der Waals surface area contributed by atoms with Crippen LogP contribution in [0.1, 0.15) is 37.0 Å². The lowest BCUT2D eigenvalue weighted by Gasteiger charge is -2.49. The van der Waals surface area contributed by atoms with E-state index in [0.717, 1.165) is 0 Å². The van der Waals surface area contributed by atoms with Crippen LogP contribution in [-0.2, 0) is 9.59 Å². The molecule has 1 aliphatic carbocycles. The van der Waals surface area contributed by atoms with E-state index in [0.29, 0.717) is 11.8 Å². The van der Waals surface area contributed by atoms with Gasteiger partial charge in [0.15, 0.2) is 0 Å². The van der Waals surface area contributed by atoms with Gasteiger partial charge in [0.25, 0.3) is 0 Å². The molecular weight excluding hydrogens is 350 g/mol. The monoisotopic (exact) mass is 371 g/mol. The summed E-state index contributed by atoms with van der Waals surface area (Å²) in [5.41, 5.74) is -1.20. The molecule has 7 nitrogen and oxygen atoms in total. The number of nitrogens with zero attached hydrogens (tertiary/aromatic N) is 1. The van der Waals surface area contributed by atoms with E-state index in [9.17, 15) is 24.8 Å². The highest BCUT2D eigenvalue weighted by Gasteiger charge is 2.64. The first kappa shape index (κ1) is 19.0. The molecule has 0 unspecified atom stereocenters. The third kappa shape index (κ3) is 3.08. The van der Waals surface area contributed by atoms with E-state index in [-0.39, 0.29) is 5.76 Å². The number of carbonyl (C=O) groups excluding carboxylic acids is 2. The van der Waals surface area contributed by atoms with Gasteiger partial charge in [-0.1, -0.05) is 30.3 Å². The summed E-state index contributed by atoms with van der Waals surface area (Å²) in [6.07, 6.45) is 1.91. The Morgan fingerprint density at radius 3 is 2.37 bits per heavy atom. The quantitative estimate of drug-likeness (QED) is 0.491. The number of hydrogen-bond acceptors (Lipinski definition) is 6. The fraction of sp³-hybridized carbons (Fsp3) is 0.400.